The van der Waals surface area contributed by atoms with Crippen molar-refractivity contribution in [3.63, 3.8) is 0 Å². The Hall–Kier alpha value is -1.21. The van der Waals surface area contributed by atoms with Gasteiger partial charge in [-0.2, -0.15) is 8.42 Å². The van der Waals surface area contributed by atoms with Crippen LogP contribution in [0.15, 0.2) is 18.2 Å². The molecule has 0 atom stereocenters. The largest absolute Gasteiger partial charge is 0.491 e. The minimum atomic E-state index is -3.52. The van der Waals surface area contributed by atoms with Gasteiger partial charge in [0.15, 0.2) is 0 Å². The van der Waals surface area contributed by atoms with Crippen molar-refractivity contribution in [3.05, 3.63) is 29.8 Å². The van der Waals surface area contributed by atoms with Crippen LogP contribution in [-0.4, -0.2) is 27.9 Å². The number of rotatable bonds is 5. The van der Waals surface area contributed by atoms with E-state index in [1.165, 1.54) is 0 Å². The summed E-state index contributed by atoms with van der Waals surface area (Å²) in [5.74, 6) is -1.55. The highest BCUT2D eigenvalue weighted by Crippen LogP contribution is 2.15. The summed E-state index contributed by atoms with van der Waals surface area (Å²) in [6.07, 6.45) is 0.898. The molecule has 1 rings (SSSR count). The van der Waals surface area contributed by atoms with Crippen LogP contribution >= 0.6 is 0 Å². The van der Waals surface area contributed by atoms with Crippen molar-refractivity contribution >= 4 is 10.1 Å². The Labute approximate surface area is 91.9 Å². The van der Waals surface area contributed by atoms with Crippen molar-refractivity contribution in [2.75, 3.05) is 19.5 Å². The summed E-state index contributed by atoms with van der Waals surface area (Å²) in [7, 11) is -3.52. The SMILES string of the molecule is CS(=O)(=O)OCCOc1cc(F)cc(F)c1. The van der Waals surface area contributed by atoms with Crippen LogP contribution in [0.3, 0.4) is 0 Å². The first-order valence-corrected chi connectivity index (χ1v) is 6.12. The summed E-state index contributed by atoms with van der Waals surface area (Å²) < 4.78 is 55.7. The average Bonchev–Trinajstić information content (AvgIpc) is 2.09. The molecule has 4 nitrogen and oxygen atoms in total. The maximum Gasteiger partial charge on any atom is 0.264 e. The van der Waals surface area contributed by atoms with Gasteiger partial charge in [0.2, 0.25) is 0 Å². The monoisotopic (exact) mass is 252 g/mol. The lowest BCUT2D eigenvalue weighted by Gasteiger charge is -2.06. The Morgan fingerprint density at radius 1 is 1.12 bits per heavy atom. The van der Waals surface area contributed by atoms with Crippen LogP contribution in [0.4, 0.5) is 8.78 Å². The normalized spacial score (nSPS) is 11.4. The molecule has 0 fully saturated rings. The Kier molecular flexibility index (Phi) is 4.19. The highest BCUT2D eigenvalue weighted by Gasteiger charge is 2.03. The molecule has 0 N–H and O–H groups in total. The number of halogens is 2. The zero-order valence-electron chi connectivity index (χ0n) is 8.44. The molecule has 0 unspecified atom stereocenters. The van der Waals surface area contributed by atoms with E-state index in [1.807, 2.05) is 0 Å². The van der Waals surface area contributed by atoms with E-state index in [2.05, 4.69) is 4.18 Å². The maximum absolute atomic E-state index is 12.7. The smallest absolute Gasteiger partial charge is 0.264 e. The van der Waals surface area contributed by atoms with E-state index in [4.69, 9.17) is 4.74 Å². The molecule has 0 spiro atoms. The van der Waals surface area contributed by atoms with E-state index in [9.17, 15) is 17.2 Å². The van der Waals surface area contributed by atoms with Crippen molar-refractivity contribution in [1.29, 1.82) is 0 Å². The van der Waals surface area contributed by atoms with Crippen molar-refractivity contribution < 1.29 is 26.1 Å². The molecular weight excluding hydrogens is 242 g/mol. The Balaban J connectivity index is 2.43. The van der Waals surface area contributed by atoms with Gasteiger partial charge in [-0.05, 0) is 0 Å². The van der Waals surface area contributed by atoms with E-state index in [0.29, 0.717) is 6.07 Å². The predicted octanol–water partition coefficient (Wildman–Crippen LogP) is 1.32. The average molecular weight is 252 g/mol. The standard InChI is InChI=1S/C9H10F2O4S/c1-16(12,13)15-3-2-14-9-5-7(10)4-8(11)6-9/h4-6H,2-3H2,1H3. The predicted molar refractivity (Wildman–Crippen MR) is 52.6 cm³/mol. The van der Waals surface area contributed by atoms with Gasteiger partial charge in [-0.15, -0.1) is 0 Å². The number of hydrogen-bond acceptors (Lipinski definition) is 4. The number of ether oxygens (including phenoxy) is 1. The van der Waals surface area contributed by atoms with Crippen LogP contribution in [0.1, 0.15) is 0 Å². The minimum Gasteiger partial charge on any atom is -0.491 e. The first-order valence-electron chi connectivity index (χ1n) is 4.30. The summed E-state index contributed by atoms with van der Waals surface area (Å²) in [5, 5.41) is 0. The first kappa shape index (κ1) is 12.9. The summed E-state index contributed by atoms with van der Waals surface area (Å²) in [5.41, 5.74) is 0. The van der Waals surface area contributed by atoms with Gasteiger partial charge in [0.25, 0.3) is 10.1 Å². The van der Waals surface area contributed by atoms with Crippen molar-refractivity contribution in [2.45, 2.75) is 0 Å². The van der Waals surface area contributed by atoms with Crippen LogP contribution in [0.2, 0.25) is 0 Å². The summed E-state index contributed by atoms with van der Waals surface area (Å²) in [6, 6.07) is 2.69. The third kappa shape index (κ3) is 5.04. The van der Waals surface area contributed by atoms with Crippen LogP contribution in [0, 0.1) is 11.6 Å². The van der Waals surface area contributed by atoms with Gasteiger partial charge < -0.3 is 4.74 Å². The van der Waals surface area contributed by atoms with Gasteiger partial charge in [0, 0.05) is 18.2 Å². The molecule has 0 amide bonds. The highest BCUT2D eigenvalue weighted by molar-refractivity contribution is 7.85. The Bertz CT molecular complexity index is 438. The van der Waals surface area contributed by atoms with Crippen molar-refractivity contribution in [3.8, 4) is 5.75 Å². The minimum absolute atomic E-state index is 0.0189. The molecule has 0 aliphatic heterocycles. The van der Waals surface area contributed by atoms with Gasteiger partial charge in [-0.1, -0.05) is 0 Å². The summed E-state index contributed by atoms with van der Waals surface area (Å²) in [6.45, 7) is -0.326. The molecule has 0 heterocycles. The number of benzene rings is 1. The zero-order valence-corrected chi connectivity index (χ0v) is 9.26. The zero-order chi connectivity index (χ0) is 12.2. The highest BCUT2D eigenvalue weighted by atomic mass is 32.2. The second kappa shape index (κ2) is 5.22. The molecule has 0 saturated heterocycles. The van der Waals surface area contributed by atoms with Crippen LogP contribution in [0.25, 0.3) is 0 Å². The lowest BCUT2D eigenvalue weighted by molar-refractivity contribution is 0.221. The quantitative estimate of drug-likeness (QED) is 0.586. The molecule has 7 heteroatoms. The fourth-order valence-corrected chi connectivity index (χ4v) is 1.33. The molecule has 0 aliphatic rings. The molecule has 0 aliphatic carbocycles. The van der Waals surface area contributed by atoms with Crippen molar-refractivity contribution in [1.82, 2.24) is 0 Å². The summed E-state index contributed by atoms with van der Waals surface area (Å²) in [4.78, 5) is 0. The second-order valence-electron chi connectivity index (χ2n) is 2.98. The molecule has 16 heavy (non-hydrogen) atoms. The van der Waals surface area contributed by atoms with Gasteiger partial charge in [-0.25, -0.2) is 8.78 Å². The lowest BCUT2D eigenvalue weighted by atomic mass is 10.3. The number of hydrogen-bond donors (Lipinski definition) is 0. The third-order valence-electron chi connectivity index (χ3n) is 1.49. The van der Waals surface area contributed by atoms with Gasteiger partial charge >= 0.3 is 0 Å². The van der Waals surface area contributed by atoms with E-state index >= 15 is 0 Å². The molecule has 90 valence electrons. The van der Waals surface area contributed by atoms with Crippen LogP contribution < -0.4 is 4.74 Å². The molecule has 0 saturated carbocycles. The van der Waals surface area contributed by atoms with Gasteiger partial charge in [0.05, 0.1) is 6.26 Å². The Morgan fingerprint density at radius 2 is 1.69 bits per heavy atom. The fourth-order valence-electron chi connectivity index (χ4n) is 0.957. The van der Waals surface area contributed by atoms with Crippen LogP contribution in [-0.2, 0) is 14.3 Å². The molecule has 0 bridgehead atoms. The summed E-state index contributed by atoms with van der Waals surface area (Å²) >= 11 is 0. The fraction of sp³-hybridized carbons (Fsp3) is 0.333. The first-order chi connectivity index (χ1) is 7.37. The molecule has 1 aromatic carbocycles. The molecule has 0 radical (unpaired) electrons. The van der Waals surface area contributed by atoms with E-state index in [1.54, 1.807) is 0 Å². The lowest BCUT2D eigenvalue weighted by Crippen LogP contribution is -2.11. The second-order valence-corrected chi connectivity index (χ2v) is 4.62. The van der Waals surface area contributed by atoms with Crippen molar-refractivity contribution in [2.24, 2.45) is 0 Å². The Morgan fingerprint density at radius 3 is 2.19 bits per heavy atom. The molecule has 1 aromatic rings. The van der Waals surface area contributed by atoms with Gasteiger partial charge in [-0.3, -0.25) is 4.18 Å². The third-order valence-corrected chi connectivity index (χ3v) is 2.08. The molecule has 0 aromatic heterocycles. The van der Waals surface area contributed by atoms with Crippen LogP contribution in [0.5, 0.6) is 5.75 Å². The van der Waals surface area contributed by atoms with E-state index < -0.39 is 21.8 Å². The maximum atomic E-state index is 12.7. The topological polar surface area (TPSA) is 52.6 Å². The van der Waals surface area contributed by atoms with Gasteiger partial charge in [0.1, 0.15) is 30.6 Å². The van der Waals surface area contributed by atoms with E-state index in [0.717, 1.165) is 18.4 Å². The molecular formula is C9H10F2O4S. The van der Waals surface area contributed by atoms with E-state index in [-0.39, 0.29) is 19.0 Å².